The van der Waals surface area contributed by atoms with Crippen molar-refractivity contribution >= 4 is 28.6 Å². The van der Waals surface area contributed by atoms with Crippen molar-refractivity contribution in [2.75, 3.05) is 13.2 Å². The molecule has 25 heavy (non-hydrogen) atoms. The minimum Gasteiger partial charge on any atom is -0.490 e. The van der Waals surface area contributed by atoms with Crippen LogP contribution in [0.25, 0.3) is 9.88 Å². The van der Waals surface area contributed by atoms with E-state index in [-0.39, 0.29) is 19.2 Å². The van der Waals surface area contributed by atoms with Gasteiger partial charge >= 0.3 is 5.97 Å². The molecule has 0 N–H and O–H groups in total. The largest absolute Gasteiger partial charge is 0.490 e. The van der Waals surface area contributed by atoms with Crippen molar-refractivity contribution in [3.8, 4) is 21.7 Å². The zero-order valence-corrected chi connectivity index (χ0v) is 15.0. The smallest absolute Gasteiger partial charge is 0.350 e. The summed E-state index contributed by atoms with van der Waals surface area (Å²) in [6.45, 7) is 2.19. The number of benzene rings is 1. The van der Waals surface area contributed by atoms with E-state index in [1.807, 2.05) is 23.6 Å². The van der Waals surface area contributed by atoms with Crippen LogP contribution < -0.4 is 4.74 Å². The first-order valence-corrected chi connectivity index (χ1v) is 9.18. The van der Waals surface area contributed by atoms with Gasteiger partial charge < -0.3 is 9.47 Å². The van der Waals surface area contributed by atoms with Crippen LogP contribution in [0.15, 0.2) is 41.8 Å². The first-order valence-electron chi connectivity index (χ1n) is 7.49. The molecule has 0 saturated carbocycles. The number of nitriles is 1. The molecule has 0 amide bonds. The number of ether oxygens (including phenoxy) is 2. The van der Waals surface area contributed by atoms with Crippen molar-refractivity contribution in [1.82, 2.24) is 4.98 Å². The van der Waals surface area contributed by atoms with Crippen molar-refractivity contribution in [3.05, 3.63) is 57.9 Å². The predicted molar refractivity (Wildman–Crippen MR) is 97.1 cm³/mol. The third kappa shape index (κ3) is 4.24. The molecule has 0 spiro atoms. The molecule has 5 nitrogen and oxygen atoms in total. The number of aryl methyl sites for hydroxylation is 1. The Morgan fingerprint density at radius 3 is 2.72 bits per heavy atom. The Balaban J connectivity index is 1.52. The third-order valence-corrected chi connectivity index (χ3v) is 5.46. The van der Waals surface area contributed by atoms with Crippen molar-refractivity contribution in [1.29, 1.82) is 5.26 Å². The SMILES string of the molecule is Cc1nc(-c2cccs2)sc1C(=O)OCCOc1ccc(C#N)cc1. The van der Waals surface area contributed by atoms with Gasteiger partial charge in [0.05, 0.1) is 22.2 Å². The average Bonchev–Trinajstić information content (AvgIpc) is 3.28. The molecule has 1 aromatic carbocycles. The van der Waals surface area contributed by atoms with E-state index in [2.05, 4.69) is 4.98 Å². The van der Waals surface area contributed by atoms with Crippen LogP contribution in [0.3, 0.4) is 0 Å². The van der Waals surface area contributed by atoms with Gasteiger partial charge in [-0.1, -0.05) is 6.07 Å². The highest BCUT2D eigenvalue weighted by Crippen LogP contribution is 2.31. The Labute approximate surface area is 153 Å². The fourth-order valence-electron chi connectivity index (χ4n) is 2.08. The average molecular weight is 370 g/mol. The Kier molecular flexibility index (Phi) is 5.43. The number of rotatable bonds is 6. The van der Waals surface area contributed by atoms with E-state index in [0.29, 0.717) is 21.9 Å². The Morgan fingerprint density at radius 2 is 2.04 bits per heavy atom. The normalized spacial score (nSPS) is 10.2. The summed E-state index contributed by atoms with van der Waals surface area (Å²) in [6.07, 6.45) is 0. The van der Waals surface area contributed by atoms with Gasteiger partial charge in [0.15, 0.2) is 0 Å². The van der Waals surface area contributed by atoms with E-state index >= 15 is 0 Å². The van der Waals surface area contributed by atoms with E-state index < -0.39 is 0 Å². The number of nitrogens with zero attached hydrogens (tertiary/aromatic N) is 2. The summed E-state index contributed by atoms with van der Waals surface area (Å²) in [5, 5.41) is 11.5. The highest BCUT2D eigenvalue weighted by molar-refractivity contribution is 7.22. The van der Waals surface area contributed by atoms with E-state index in [4.69, 9.17) is 14.7 Å². The van der Waals surface area contributed by atoms with Crippen molar-refractivity contribution in [2.45, 2.75) is 6.92 Å². The van der Waals surface area contributed by atoms with Gasteiger partial charge in [-0.3, -0.25) is 0 Å². The zero-order valence-electron chi connectivity index (χ0n) is 13.4. The minimum absolute atomic E-state index is 0.143. The van der Waals surface area contributed by atoms with E-state index in [1.54, 1.807) is 42.5 Å². The second-order valence-electron chi connectivity index (χ2n) is 5.03. The van der Waals surface area contributed by atoms with Crippen LogP contribution in [0, 0.1) is 18.3 Å². The molecule has 0 saturated heterocycles. The van der Waals surface area contributed by atoms with Crippen LogP contribution in [0.1, 0.15) is 20.9 Å². The third-order valence-electron chi connectivity index (χ3n) is 3.28. The fourth-order valence-corrected chi connectivity index (χ4v) is 3.83. The molecule has 0 fully saturated rings. The van der Waals surface area contributed by atoms with Crippen LogP contribution in [0.2, 0.25) is 0 Å². The summed E-state index contributed by atoms with van der Waals surface area (Å²) >= 11 is 2.92. The van der Waals surface area contributed by atoms with E-state index in [0.717, 1.165) is 9.88 Å². The first-order chi connectivity index (χ1) is 12.2. The van der Waals surface area contributed by atoms with Crippen molar-refractivity contribution in [3.63, 3.8) is 0 Å². The lowest BCUT2D eigenvalue weighted by Gasteiger charge is -2.06. The molecule has 0 aliphatic carbocycles. The number of carbonyl (C=O) groups is 1. The summed E-state index contributed by atoms with van der Waals surface area (Å²) in [5.74, 6) is 0.241. The number of hydrogen-bond acceptors (Lipinski definition) is 7. The Hall–Kier alpha value is -2.69. The van der Waals surface area contributed by atoms with Gasteiger partial charge in [0, 0.05) is 0 Å². The Bertz CT molecular complexity index is 894. The second kappa shape index (κ2) is 7.92. The topological polar surface area (TPSA) is 72.2 Å². The number of carbonyl (C=O) groups excluding carboxylic acids is 1. The van der Waals surface area contributed by atoms with Gasteiger partial charge in [0.1, 0.15) is 28.8 Å². The number of esters is 1. The van der Waals surface area contributed by atoms with Crippen LogP contribution in [-0.2, 0) is 4.74 Å². The summed E-state index contributed by atoms with van der Waals surface area (Å²) < 4.78 is 10.8. The number of thiophene rings is 1. The molecule has 3 aromatic rings. The lowest BCUT2D eigenvalue weighted by Crippen LogP contribution is -2.12. The molecule has 0 unspecified atom stereocenters. The lowest BCUT2D eigenvalue weighted by atomic mass is 10.2. The molecule has 0 aliphatic rings. The molecular formula is C18H14N2O3S2. The molecule has 0 aliphatic heterocycles. The minimum atomic E-state index is -0.388. The monoisotopic (exact) mass is 370 g/mol. The molecule has 0 atom stereocenters. The summed E-state index contributed by atoms with van der Waals surface area (Å²) in [7, 11) is 0. The van der Waals surface area contributed by atoms with Crippen LogP contribution in [0.5, 0.6) is 5.75 Å². The van der Waals surface area contributed by atoms with E-state index in [9.17, 15) is 4.79 Å². The highest BCUT2D eigenvalue weighted by atomic mass is 32.1. The van der Waals surface area contributed by atoms with Crippen molar-refractivity contribution in [2.24, 2.45) is 0 Å². The quantitative estimate of drug-likeness (QED) is 0.478. The van der Waals surface area contributed by atoms with Gasteiger partial charge in [-0.15, -0.1) is 22.7 Å². The summed E-state index contributed by atoms with van der Waals surface area (Å²) in [6, 6.07) is 12.7. The molecule has 7 heteroatoms. The zero-order chi connectivity index (χ0) is 17.6. The van der Waals surface area contributed by atoms with Crippen LogP contribution >= 0.6 is 22.7 Å². The lowest BCUT2D eigenvalue weighted by molar-refractivity contribution is 0.0455. The van der Waals surface area contributed by atoms with Crippen molar-refractivity contribution < 1.29 is 14.3 Å². The van der Waals surface area contributed by atoms with Gasteiger partial charge in [-0.25, -0.2) is 9.78 Å². The van der Waals surface area contributed by atoms with Crippen LogP contribution in [0.4, 0.5) is 0 Å². The Morgan fingerprint density at radius 1 is 1.24 bits per heavy atom. The maximum absolute atomic E-state index is 12.2. The second-order valence-corrected chi connectivity index (χ2v) is 6.98. The standard InChI is InChI=1S/C18H14N2O3S2/c1-12-16(25-17(20-12)15-3-2-10-24-15)18(21)23-9-8-22-14-6-4-13(11-19)5-7-14/h2-7,10H,8-9H2,1H3. The number of aromatic nitrogens is 1. The molecule has 2 heterocycles. The fraction of sp³-hybridized carbons (Fsp3) is 0.167. The molecule has 126 valence electrons. The molecular weight excluding hydrogens is 356 g/mol. The van der Waals surface area contributed by atoms with E-state index in [1.165, 1.54) is 11.3 Å². The van der Waals surface area contributed by atoms with Gasteiger partial charge in [0.2, 0.25) is 0 Å². The van der Waals surface area contributed by atoms with Crippen LogP contribution in [-0.4, -0.2) is 24.2 Å². The molecule has 3 rings (SSSR count). The summed E-state index contributed by atoms with van der Waals surface area (Å²) in [4.78, 5) is 18.2. The molecule has 2 aromatic heterocycles. The van der Waals surface area contributed by atoms with Gasteiger partial charge in [0.25, 0.3) is 0 Å². The predicted octanol–water partition coefficient (Wildman–Crippen LogP) is 4.29. The highest BCUT2D eigenvalue weighted by Gasteiger charge is 2.17. The summed E-state index contributed by atoms with van der Waals surface area (Å²) in [5.41, 5.74) is 1.24. The maximum Gasteiger partial charge on any atom is 0.350 e. The molecule has 0 radical (unpaired) electrons. The van der Waals surface area contributed by atoms with Gasteiger partial charge in [-0.2, -0.15) is 5.26 Å². The first kappa shape index (κ1) is 17.1. The maximum atomic E-state index is 12.2. The molecule has 0 bridgehead atoms. The number of hydrogen-bond donors (Lipinski definition) is 0. The van der Waals surface area contributed by atoms with Gasteiger partial charge in [-0.05, 0) is 42.6 Å². The number of thiazole rings is 1.